The van der Waals surface area contributed by atoms with Crippen LogP contribution in [0.2, 0.25) is 0 Å². The first-order chi connectivity index (χ1) is 15.1. The van der Waals surface area contributed by atoms with Gasteiger partial charge in [0.05, 0.1) is 5.56 Å². The molecule has 1 saturated carbocycles. The van der Waals surface area contributed by atoms with Crippen molar-refractivity contribution < 1.29 is 10.4 Å². The van der Waals surface area contributed by atoms with Crippen LogP contribution in [0, 0.1) is 6.92 Å². The standard InChI is InChI=1S/C27H25N2O/c1-17-20-10-5-6-11-21(20)25-22-12-7-14-28-27(22)30-26(25)24(17)23-16-19(13-15-29(23)2)18-8-3-4-9-18/h5-7,10-16,18H,3-4,8-9H2,1-2H3/q+1/i18D. The van der Waals surface area contributed by atoms with Crippen molar-refractivity contribution in [2.24, 2.45) is 7.05 Å². The van der Waals surface area contributed by atoms with Crippen molar-refractivity contribution in [3.63, 3.8) is 0 Å². The van der Waals surface area contributed by atoms with Crippen molar-refractivity contribution in [2.75, 3.05) is 0 Å². The maximum Gasteiger partial charge on any atom is 0.227 e. The fourth-order valence-electron chi connectivity index (χ4n) is 5.15. The van der Waals surface area contributed by atoms with Gasteiger partial charge in [-0.25, -0.2) is 9.55 Å². The summed E-state index contributed by atoms with van der Waals surface area (Å²) >= 11 is 0. The van der Waals surface area contributed by atoms with E-state index >= 15 is 0 Å². The maximum atomic E-state index is 9.04. The molecular weight excluding hydrogens is 368 g/mol. The molecule has 1 aliphatic rings. The number of nitrogens with zero attached hydrogens (tertiary/aromatic N) is 2. The van der Waals surface area contributed by atoms with Crippen LogP contribution in [0.4, 0.5) is 0 Å². The van der Waals surface area contributed by atoms with Crippen LogP contribution in [0.3, 0.4) is 0 Å². The molecule has 3 heteroatoms. The molecule has 1 fully saturated rings. The predicted octanol–water partition coefficient (Wildman–Crippen LogP) is 6.59. The summed E-state index contributed by atoms with van der Waals surface area (Å²) in [6.07, 6.45) is 8.01. The van der Waals surface area contributed by atoms with E-state index in [4.69, 9.17) is 5.79 Å². The molecular formula is C27H25N2O+. The van der Waals surface area contributed by atoms with Crippen molar-refractivity contribution in [1.82, 2.24) is 4.98 Å². The number of benzene rings is 2. The summed E-state index contributed by atoms with van der Waals surface area (Å²) in [5.74, 6) is -0.484. The van der Waals surface area contributed by atoms with Gasteiger partial charge in [0.2, 0.25) is 11.4 Å². The molecule has 1 aliphatic carbocycles. The average molecular weight is 395 g/mol. The first-order valence-electron chi connectivity index (χ1n) is 11.3. The van der Waals surface area contributed by atoms with Gasteiger partial charge in [0.15, 0.2) is 11.8 Å². The molecule has 0 saturated heterocycles. The summed E-state index contributed by atoms with van der Waals surface area (Å²) in [6.45, 7) is 2.18. The molecule has 0 N–H and O–H groups in total. The highest BCUT2D eigenvalue weighted by Crippen LogP contribution is 2.43. The molecule has 30 heavy (non-hydrogen) atoms. The molecule has 148 valence electrons. The zero-order valence-electron chi connectivity index (χ0n) is 18.4. The van der Waals surface area contributed by atoms with Crippen molar-refractivity contribution >= 4 is 32.8 Å². The number of furan rings is 1. The Bertz CT molecular complexity index is 1480. The molecule has 0 amide bonds. The minimum Gasteiger partial charge on any atom is -0.437 e. The van der Waals surface area contributed by atoms with Gasteiger partial charge in [0.1, 0.15) is 7.05 Å². The molecule has 0 atom stereocenters. The van der Waals surface area contributed by atoms with Gasteiger partial charge in [0.25, 0.3) is 0 Å². The Morgan fingerprint density at radius 1 is 1.03 bits per heavy atom. The molecule has 2 aromatic carbocycles. The van der Waals surface area contributed by atoms with Crippen molar-refractivity contribution in [1.29, 1.82) is 0 Å². The zero-order chi connectivity index (χ0) is 21.2. The normalized spacial score (nSPS) is 16.5. The second-order valence-electron chi connectivity index (χ2n) is 8.43. The molecule has 3 nitrogen and oxygen atoms in total. The zero-order valence-corrected chi connectivity index (χ0v) is 17.4. The molecule has 5 aromatic rings. The van der Waals surface area contributed by atoms with E-state index in [1.165, 1.54) is 16.3 Å². The Kier molecular flexibility index (Phi) is 3.68. The summed E-state index contributed by atoms with van der Waals surface area (Å²) in [7, 11) is 2.08. The van der Waals surface area contributed by atoms with Crippen LogP contribution in [0.1, 0.15) is 44.1 Å². The average Bonchev–Trinajstić information content (AvgIpc) is 3.39. The highest BCUT2D eigenvalue weighted by Gasteiger charge is 2.26. The first kappa shape index (κ1) is 16.6. The number of pyridine rings is 2. The fourth-order valence-corrected chi connectivity index (χ4v) is 5.15. The van der Waals surface area contributed by atoms with Crippen LogP contribution < -0.4 is 4.57 Å². The van der Waals surface area contributed by atoms with Crippen molar-refractivity contribution in [3.8, 4) is 11.3 Å². The van der Waals surface area contributed by atoms with E-state index in [9.17, 15) is 0 Å². The van der Waals surface area contributed by atoms with Crippen LogP contribution in [0.25, 0.3) is 44.1 Å². The van der Waals surface area contributed by atoms with E-state index in [1.807, 2.05) is 6.07 Å². The minimum absolute atomic E-state index is 0.484. The summed E-state index contributed by atoms with van der Waals surface area (Å²) in [5.41, 5.74) is 6.03. The van der Waals surface area contributed by atoms with Gasteiger partial charge in [0, 0.05) is 30.5 Å². The van der Waals surface area contributed by atoms with E-state index in [1.54, 1.807) is 6.20 Å². The molecule has 0 spiro atoms. The highest BCUT2D eigenvalue weighted by atomic mass is 16.3. The Balaban J connectivity index is 1.75. The Labute approximate surface area is 177 Å². The lowest BCUT2D eigenvalue weighted by atomic mass is 9.91. The Morgan fingerprint density at radius 3 is 2.63 bits per heavy atom. The topological polar surface area (TPSA) is 29.9 Å². The molecule has 0 aliphatic heterocycles. The predicted molar refractivity (Wildman–Crippen MR) is 122 cm³/mol. The molecule has 6 rings (SSSR count). The number of fused-ring (bicyclic) bond motifs is 5. The van der Waals surface area contributed by atoms with Crippen molar-refractivity contribution in [2.45, 2.75) is 38.5 Å². The molecule has 3 aromatic heterocycles. The summed E-state index contributed by atoms with van der Waals surface area (Å²) in [6, 6.07) is 16.9. The molecule has 0 radical (unpaired) electrons. The van der Waals surface area contributed by atoms with Gasteiger partial charge in [-0.1, -0.05) is 37.1 Å². The Morgan fingerprint density at radius 2 is 1.80 bits per heavy atom. The van der Waals surface area contributed by atoms with Gasteiger partial charge in [-0.15, -0.1) is 0 Å². The van der Waals surface area contributed by atoms with E-state index in [0.29, 0.717) is 5.71 Å². The molecule has 0 unspecified atom stereocenters. The van der Waals surface area contributed by atoms with Crippen LogP contribution in [-0.4, -0.2) is 4.98 Å². The van der Waals surface area contributed by atoms with E-state index < -0.39 is 5.89 Å². The van der Waals surface area contributed by atoms with Crippen LogP contribution in [0.5, 0.6) is 0 Å². The lowest BCUT2D eigenvalue weighted by molar-refractivity contribution is -0.660. The van der Waals surface area contributed by atoms with Gasteiger partial charge >= 0.3 is 0 Å². The third-order valence-corrected chi connectivity index (χ3v) is 6.69. The second-order valence-corrected chi connectivity index (χ2v) is 8.43. The monoisotopic (exact) mass is 394 g/mol. The van der Waals surface area contributed by atoms with Crippen LogP contribution >= 0.6 is 0 Å². The largest absolute Gasteiger partial charge is 0.437 e. The highest BCUT2D eigenvalue weighted by molar-refractivity contribution is 6.22. The number of rotatable bonds is 2. The quantitative estimate of drug-likeness (QED) is 0.316. The molecule has 0 bridgehead atoms. The van der Waals surface area contributed by atoms with Crippen LogP contribution in [-0.2, 0) is 7.05 Å². The second kappa shape index (κ2) is 6.66. The van der Waals surface area contributed by atoms with E-state index in [-0.39, 0.29) is 0 Å². The number of hydrogen-bond donors (Lipinski definition) is 0. The Hall–Kier alpha value is -3.20. The first-order valence-corrected chi connectivity index (χ1v) is 10.8. The summed E-state index contributed by atoms with van der Waals surface area (Å²) in [5, 5.41) is 4.58. The third kappa shape index (κ3) is 2.51. The van der Waals surface area contributed by atoms with Crippen LogP contribution in [0.15, 0.2) is 65.3 Å². The minimum atomic E-state index is -0.484. The molecule has 3 heterocycles. The van der Waals surface area contributed by atoms with Gasteiger partial charge in [-0.3, -0.25) is 0 Å². The van der Waals surface area contributed by atoms with E-state index in [2.05, 4.69) is 72.2 Å². The lowest BCUT2D eigenvalue weighted by Gasteiger charge is -2.13. The fraction of sp³-hybridized carbons (Fsp3) is 0.259. The van der Waals surface area contributed by atoms with Gasteiger partial charge < -0.3 is 4.42 Å². The smallest absolute Gasteiger partial charge is 0.227 e. The number of aromatic nitrogens is 2. The SMILES string of the molecule is [2H]C1(c2cc[n+](C)c(-c3c(C)c4ccccc4c4c3oc3ncccc34)c2)CCCC1. The lowest BCUT2D eigenvalue weighted by Crippen LogP contribution is -2.31. The van der Waals surface area contributed by atoms with Gasteiger partial charge in [-0.05, 0) is 59.7 Å². The maximum absolute atomic E-state index is 9.04. The van der Waals surface area contributed by atoms with E-state index in [0.717, 1.165) is 58.9 Å². The number of aryl methyl sites for hydroxylation is 2. The third-order valence-electron chi connectivity index (χ3n) is 6.69. The summed E-state index contributed by atoms with van der Waals surface area (Å²) < 4.78 is 17.6. The summed E-state index contributed by atoms with van der Waals surface area (Å²) in [4.78, 5) is 4.50. The van der Waals surface area contributed by atoms with Crippen molar-refractivity contribution in [3.05, 3.63) is 72.1 Å². The number of hydrogen-bond acceptors (Lipinski definition) is 2. The van der Waals surface area contributed by atoms with Gasteiger partial charge in [-0.2, -0.15) is 0 Å².